The molecule has 2 aromatic carbocycles. The largest absolute Gasteiger partial charge is 0.252 e. The van der Waals surface area contributed by atoms with Gasteiger partial charge in [-0.1, -0.05) is 24.3 Å². The van der Waals surface area contributed by atoms with E-state index in [4.69, 9.17) is 0 Å². The summed E-state index contributed by atoms with van der Waals surface area (Å²) in [4.78, 5) is 4.57. The minimum absolute atomic E-state index is 0.242. The Morgan fingerprint density at radius 2 is 1.52 bits per heavy atom. The molecule has 3 aromatic rings. The average Bonchev–Trinajstić information content (AvgIpc) is 2.51. The lowest BCUT2D eigenvalue weighted by atomic mass is 9.97. The van der Waals surface area contributed by atoms with Crippen molar-refractivity contribution in [3.63, 3.8) is 0 Å². The molecule has 0 atom stereocenters. The van der Waals surface area contributed by atoms with Crippen LogP contribution in [0.1, 0.15) is 16.8 Å². The first kappa shape index (κ1) is 15.3. The Labute approximate surface area is 134 Å². The summed E-state index contributed by atoms with van der Waals surface area (Å²) in [5.74, 6) is -0.510. The van der Waals surface area contributed by atoms with Crippen LogP contribution in [0.3, 0.4) is 0 Å². The van der Waals surface area contributed by atoms with Crippen molar-refractivity contribution >= 4 is 0 Å². The molecule has 0 radical (unpaired) electrons. The summed E-state index contributed by atoms with van der Waals surface area (Å²) in [6.07, 6.45) is 0. The molecule has 23 heavy (non-hydrogen) atoms. The van der Waals surface area contributed by atoms with Crippen LogP contribution in [0.4, 0.5) is 8.78 Å². The number of benzene rings is 2. The fraction of sp³-hybridized carbons (Fsp3) is 0.150. The van der Waals surface area contributed by atoms with Gasteiger partial charge in [0.25, 0.3) is 0 Å². The summed E-state index contributed by atoms with van der Waals surface area (Å²) in [5.41, 5.74) is 5.37. The van der Waals surface area contributed by atoms with Gasteiger partial charge in [0, 0.05) is 16.8 Å². The highest BCUT2D eigenvalue weighted by Crippen LogP contribution is 2.31. The molecule has 0 fully saturated rings. The minimum atomic E-state index is -0.268. The summed E-state index contributed by atoms with van der Waals surface area (Å²) < 4.78 is 27.5. The highest BCUT2D eigenvalue weighted by atomic mass is 19.1. The van der Waals surface area contributed by atoms with Gasteiger partial charge >= 0.3 is 0 Å². The molecule has 0 unspecified atom stereocenters. The molecule has 3 heteroatoms. The number of halogens is 2. The maximum atomic E-state index is 14.3. The fourth-order valence-corrected chi connectivity index (χ4v) is 2.87. The van der Waals surface area contributed by atoms with Gasteiger partial charge in [-0.3, -0.25) is 4.98 Å². The third-order valence-electron chi connectivity index (χ3n) is 4.00. The molecule has 0 saturated carbocycles. The van der Waals surface area contributed by atoms with E-state index in [2.05, 4.69) is 4.98 Å². The van der Waals surface area contributed by atoms with Gasteiger partial charge in [0.2, 0.25) is 0 Å². The Bertz CT molecular complexity index is 844. The number of hydrogen-bond acceptors (Lipinski definition) is 1. The molecule has 0 bridgehead atoms. The Morgan fingerprint density at radius 1 is 0.826 bits per heavy atom. The lowest BCUT2D eigenvalue weighted by molar-refractivity contribution is 0.621. The maximum absolute atomic E-state index is 14.3. The molecule has 0 saturated heterocycles. The maximum Gasteiger partial charge on any atom is 0.135 e. The van der Waals surface area contributed by atoms with E-state index in [0.29, 0.717) is 16.8 Å². The Balaban J connectivity index is 2.14. The molecule has 0 aliphatic rings. The Kier molecular flexibility index (Phi) is 3.95. The molecule has 0 aliphatic carbocycles. The zero-order valence-corrected chi connectivity index (χ0v) is 13.3. The lowest BCUT2D eigenvalue weighted by Crippen LogP contribution is -1.97. The fourth-order valence-electron chi connectivity index (χ4n) is 2.87. The third kappa shape index (κ3) is 2.87. The van der Waals surface area contributed by atoms with Crippen molar-refractivity contribution < 1.29 is 8.78 Å². The predicted octanol–water partition coefficient (Wildman–Crippen LogP) is 5.62. The van der Waals surface area contributed by atoms with Crippen molar-refractivity contribution in [1.82, 2.24) is 4.98 Å². The van der Waals surface area contributed by atoms with Gasteiger partial charge in [0.1, 0.15) is 11.6 Å². The van der Waals surface area contributed by atoms with Crippen molar-refractivity contribution in [1.29, 1.82) is 0 Å². The summed E-state index contributed by atoms with van der Waals surface area (Å²) in [6, 6.07) is 13.5. The highest BCUT2D eigenvalue weighted by molar-refractivity contribution is 5.73. The number of rotatable bonds is 2. The molecule has 0 aliphatic heterocycles. The van der Waals surface area contributed by atoms with Crippen molar-refractivity contribution in [2.45, 2.75) is 20.8 Å². The second-order valence-corrected chi connectivity index (χ2v) is 5.73. The van der Waals surface area contributed by atoms with Crippen molar-refractivity contribution in [2.24, 2.45) is 0 Å². The second-order valence-electron chi connectivity index (χ2n) is 5.73. The standard InChI is InChI=1S/C20H17F2N/c1-12-5-4-6-17(20(12)22)18-11-13(2)19(14(3)23-18)15-7-9-16(21)10-8-15/h4-11H,1-3H3. The average molecular weight is 309 g/mol. The Morgan fingerprint density at radius 3 is 2.17 bits per heavy atom. The number of aromatic nitrogens is 1. The molecule has 1 heterocycles. The molecular weight excluding hydrogens is 292 g/mol. The van der Waals surface area contributed by atoms with E-state index in [1.54, 1.807) is 31.2 Å². The van der Waals surface area contributed by atoms with Gasteiger partial charge < -0.3 is 0 Å². The minimum Gasteiger partial charge on any atom is -0.252 e. The van der Waals surface area contributed by atoms with Crippen LogP contribution in [0.2, 0.25) is 0 Å². The van der Waals surface area contributed by atoms with Gasteiger partial charge in [0.05, 0.1) is 5.69 Å². The number of pyridine rings is 1. The lowest BCUT2D eigenvalue weighted by Gasteiger charge is -2.13. The summed E-state index contributed by atoms with van der Waals surface area (Å²) in [7, 11) is 0. The van der Waals surface area contributed by atoms with Gasteiger partial charge in [0.15, 0.2) is 0 Å². The smallest absolute Gasteiger partial charge is 0.135 e. The quantitative estimate of drug-likeness (QED) is 0.599. The monoisotopic (exact) mass is 309 g/mol. The molecule has 116 valence electrons. The van der Waals surface area contributed by atoms with Gasteiger partial charge in [-0.2, -0.15) is 0 Å². The highest BCUT2D eigenvalue weighted by Gasteiger charge is 2.13. The van der Waals surface area contributed by atoms with E-state index in [9.17, 15) is 8.78 Å². The summed E-state index contributed by atoms with van der Waals surface area (Å²) in [6.45, 7) is 5.60. The predicted molar refractivity (Wildman–Crippen MR) is 89.2 cm³/mol. The first-order valence-corrected chi connectivity index (χ1v) is 7.47. The van der Waals surface area contributed by atoms with E-state index in [-0.39, 0.29) is 11.6 Å². The number of nitrogens with zero attached hydrogens (tertiary/aromatic N) is 1. The van der Waals surface area contributed by atoms with Crippen LogP contribution in [-0.4, -0.2) is 4.98 Å². The van der Waals surface area contributed by atoms with Gasteiger partial charge in [-0.05, 0) is 61.7 Å². The molecule has 1 aromatic heterocycles. The summed E-state index contributed by atoms with van der Waals surface area (Å²) >= 11 is 0. The first-order valence-electron chi connectivity index (χ1n) is 7.47. The van der Waals surface area contributed by atoms with Crippen LogP contribution >= 0.6 is 0 Å². The van der Waals surface area contributed by atoms with Crippen LogP contribution < -0.4 is 0 Å². The van der Waals surface area contributed by atoms with E-state index < -0.39 is 0 Å². The van der Waals surface area contributed by atoms with Crippen LogP contribution in [0.25, 0.3) is 22.4 Å². The SMILES string of the molecule is Cc1cccc(-c2cc(C)c(-c3ccc(F)cc3)c(C)n2)c1F. The molecule has 1 nitrogen and oxygen atoms in total. The normalized spacial score (nSPS) is 10.8. The number of aryl methyl sites for hydroxylation is 3. The van der Waals surface area contributed by atoms with Gasteiger partial charge in [-0.15, -0.1) is 0 Å². The molecular formula is C20H17F2N. The molecule has 0 N–H and O–H groups in total. The van der Waals surface area contributed by atoms with Crippen LogP contribution in [0, 0.1) is 32.4 Å². The molecule has 3 rings (SSSR count). The Hall–Kier alpha value is -2.55. The zero-order chi connectivity index (χ0) is 16.6. The van der Waals surface area contributed by atoms with E-state index in [1.807, 2.05) is 26.0 Å². The third-order valence-corrected chi connectivity index (χ3v) is 4.00. The van der Waals surface area contributed by atoms with E-state index in [0.717, 1.165) is 22.4 Å². The van der Waals surface area contributed by atoms with Crippen molar-refractivity contribution in [3.8, 4) is 22.4 Å². The molecule has 0 spiro atoms. The number of hydrogen-bond donors (Lipinski definition) is 0. The van der Waals surface area contributed by atoms with Gasteiger partial charge in [-0.25, -0.2) is 8.78 Å². The first-order chi connectivity index (χ1) is 11.0. The summed E-state index contributed by atoms with van der Waals surface area (Å²) in [5, 5.41) is 0. The van der Waals surface area contributed by atoms with Crippen LogP contribution in [0.15, 0.2) is 48.5 Å². The zero-order valence-electron chi connectivity index (χ0n) is 13.3. The second kappa shape index (κ2) is 5.92. The van der Waals surface area contributed by atoms with E-state index in [1.165, 1.54) is 12.1 Å². The van der Waals surface area contributed by atoms with Crippen LogP contribution in [0.5, 0.6) is 0 Å². The topological polar surface area (TPSA) is 12.9 Å². The van der Waals surface area contributed by atoms with E-state index >= 15 is 0 Å². The van der Waals surface area contributed by atoms with Crippen LogP contribution in [-0.2, 0) is 0 Å². The van der Waals surface area contributed by atoms with Crippen molar-refractivity contribution in [3.05, 3.63) is 77.0 Å². The van der Waals surface area contributed by atoms with Crippen molar-refractivity contribution in [2.75, 3.05) is 0 Å². The molecule has 0 amide bonds.